The van der Waals surface area contributed by atoms with Gasteiger partial charge in [0.15, 0.2) is 23.1 Å². The van der Waals surface area contributed by atoms with Crippen molar-refractivity contribution in [2.75, 3.05) is 203 Å². The predicted octanol–water partition coefficient (Wildman–Crippen LogP) is -3.33. The molecule has 0 aromatic heterocycles. The fourth-order valence-electron chi connectivity index (χ4n) is 12.8. The Balaban J connectivity index is -0.000000235. The number of quaternary nitrogens is 6. The largest absolute Gasteiger partial charge is 1.00 e. The number of amides is 3. The summed E-state index contributed by atoms with van der Waals surface area (Å²) in [5.74, 6) is 2.25. The molecule has 3 aromatic carbocycles. The summed E-state index contributed by atoms with van der Waals surface area (Å²) in [5.41, 5.74) is 7.79. The van der Waals surface area contributed by atoms with Gasteiger partial charge < -0.3 is 127 Å². The first kappa shape index (κ1) is 132. The van der Waals surface area contributed by atoms with Crippen LogP contribution in [0.4, 0.5) is 0 Å². The van der Waals surface area contributed by atoms with E-state index in [2.05, 4.69) is 216 Å². The second kappa shape index (κ2) is 76.6. The third kappa shape index (κ3) is 79.8. The maximum absolute atomic E-state index is 12.4. The molecule has 0 bridgehead atoms. The maximum atomic E-state index is 12.4. The first-order valence-electron chi connectivity index (χ1n) is 41.7. The Hall–Kier alpha value is -4.59. The lowest BCUT2D eigenvalue weighted by atomic mass is 10.1. The van der Waals surface area contributed by atoms with E-state index in [-0.39, 0.29) is 115 Å². The molecule has 0 aliphatic heterocycles. The monoisotopic (exact) mass is 1870 g/mol. The van der Waals surface area contributed by atoms with Gasteiger partial charge in [0.1, 0.15) is 38.5 Å². The predicted molar refractivity (Wildman–Crippen MR) is 485 cm³/mol. The molecule has 0 radical (unpaired) electrons. The van der Waals surface area contributed by atoms with Crippen molar-refractivity contribution in [3.05, 3.63) is 169 Å². The van der Waals surface area contributed by atoms with Gasteiger partial charge in [0.2, 0.25) is 17.7 Å². The van der Waals surface area contributed by atoms with Crippen LogP contribution in [-0.4, -0.2) is 286 Å². The molecule has 0 saturated heterocycles. The molecule has 3 rings (SSSR count). The first-order valence-corrected chi connectivity index (χ1v) is 43.3. The van der Waals surface area contributed by atoms with Crippen molar-refractivity contribution >= 4 is 81.4 Å². The number of carbonyl (C=O) groups is 8. The highest BCUT2D eigenvalue weighted by Gasteiger charge is 2.23. The Bertz CT molecular complexity index is 3290. The minimum Gasteiger partial charge on any atom is -1.00 e. The number of rotatable bonds is 60. The molecule has 3 aromatic rings. The van der Waals surface area contributed by atoms with Crippen LogP contribution in [-0.2, 0) is 77.0 Å². The van der Waals surface area contributed by atoms with E-state index in [1.165, 1.54) is 58.2 Å². The number of nitrogens with zero attached hydrogens (tertiary/aromatic N) is 8. The van der Waals surface area contributed by atoms with Gasteiger partial charge in [-0.1, -0.05) is 106 Å². The smallest absolute Gasteiger partial charge is 0.243 e. The van der Waals surface area contributed by atoms with Crippen LogP contribution in [0, 0.1) is 0 Å². The molecule has 0 unspecified atom stereocenters. The minimum atomic E-state index is -0.147. The molecule has 698 valence electrons. The van der Waals surface area contributed by atoms with Crippen LogP contribution in [0.2, 0.25) is 0 Å². The Labute approximate surface area is 787 Å². The van der Waals surface area contributed by atoms with E-state index in [1.54, 1.807) is 0 Å². The van der Waals surface area contributed by atoms with E-state index in [9.17, 15) is 38.4 Å². The van der Waals surface area contributed by atoms with Crippen molar-refractivity contribution in [3.63, 3.8) is 0 Å². The van der Waals surface area contributed by atoms with Gasteiger partial charge in [-0.3, -0.25) is 38.4 Å². The van der Waals surface area contributed by atoms with Crippen LogP contribution in [0.1, 0.15) is 168 Å². The summed E-state index contributed by atoms with van der Waals surface area (Å²) in [6, 6.07) is 26.4. The summed E-state index contributed by atoms with van der Waals surface area (Å²) in [7, 11) is 34.8. The van der Waals surface area contributed by atoms with Crippen LogP contribution >= 0.6 is 34.8 Å². The fraction of sp³-hybridized carbons (Fsp3) is 0.613. The van der Waals surface area contributed by atoms with Crippen molar-refractivity contribution in [1.29, 1.82) is 0 Å². The van der Waals surface area contributed by atoms with Crippen LogP contribution in [0.3, 0.4) is 0 Å². The second-order valence-corrected chi connectivity index (χ2v) is 36.1. The highest BCUT2D eigenvalue weighted by atomic mass is 35.5. The van der Waals surface area contributed by atoms with Gasteiger partial charge in [0, 0.05) is 129 Å². The fourth-order valence-corrected chi connectivity index (χ4v) is 13.3. The van der Waals surface area contributed by atoms with E-state index in [0.29, 0.717) is 94.4 Å². The molecule has 0 heterocycles. The molecule has 0 saturated carbocycles. The van der Waals surface area contributed by atoms with Gasteiger partial charge in [-0.05, 0) is 141 Å². The molecule has 0 fully saturated rings. The number of allylic oxidation sites excluding steroid dienone is 4. The van der Waals surface area contributed by atoms with E-state index in [0.717, 1.165) is 208 Å². The van der Waals surface area contributed by atoms with Crippen molar-refractivity contribution in [1.82, 2.24) is 25.8 Å². The van der Waals surface area contributed by atoms with Crippen LogP contribution in [0.25, 0.3) is 0 Å². The van der Waals surface area contributed by atoms with E-state index in [4.69, 9.17) is 34.8 Å². The highest BCUT2D eigenvalue weighted by Crippen LogP contribution is 2.20. The van der Waals surface area contributed by atoms with Gasteiger partial charge in [-0.25, -0.2) is 0 Å². The third-order valence-electron chi connectivity index (χ3n) is 19.7. The normalized spacial score (nSPS) is 11.0. The van der Waals surface area contributed by atoms with Crippen molar-refractivity contribution in [2.24, 2.45) is 0 Å². The average Bonchev–Trinajstić information content (AvgIpc) is 0.901. The standard InChI is InChI=1S/C33H56N5O3.C25H41ClN3O2.C17H25ClNO.C9H18ClNO.C9H17NO.6ClH/c1-9-31(39)15-11-12-23-37(5,6)27-29-16-18-30(19-17-29)28-38(7,8)25-14-22-35-33(41)20-26-36(3,4)24-13-21-34-32(40)10-2;1-6-24(30)10-7-8-18-28(2,3)20-22-11-13-23(14-12-22)21-29(4,5)19-9-17-27-25(31)15-16-26;1-4-17(20)7-5-6-12-19(2,3)14-16-10-8-15(13-18)9-11-16;1-11(2)8-4-3-5-9(12)6-7-10;1-4-9(11)7-5-6-8-10(2)3;;;;;;/h9-10,16-19H,1-2,11-15,20-28H2,3-8H3;6,11-14H,1,7-10,15-21H2,2-5H3;4,8-11H,1,5-7,12-14H2,2-3H3;3-8H2,1-2H3;4H,1,5-8H2,2-3H3;6*1H/q3*+1;;;;;;;;/p-3. The third-order valence-corrected chi connectivity index (χ3v) is 20.4. The number of Topliss-reactive ketones (excluding diaryl/α,β-unsaturated/α-hetero) is 1. The number of unbranched alkanes of at least 4 members (excludes halogenated alkanes) is 5. The molecule has 28 heteroatoms. The molecule has 3 amide bonds. The lowest BCUT2D eigenvalue weighted by Gasteiger charge is -2.31. The first-order chi connectivity index (χ1) is 54.0. The molecule has 0 aliphatic carbocycles. The molecule has 0 spiro atoms. The van der Waals surface area contributed by atoms with E-state index < -0.39 is 0 Å². The molecule has 19 nitrogen and oxygen atoms in total. The summed E-state index contributed by atoms with van der Waals surface area (Å²) in [6.45, 7) is 33.3. The number of alkyl halides is 3. The number of hydrogen-bond acceptors (Lipinski definition) is 10. The van der Waals surface area contributed by atoms with Crippen LogP contribution < -0.4 is 90.4 Å². The van der Waals surface area contributed by atoms with Gasteiger partial charge in [0.05, 0.1) is 137 Å². The lowest BCUT2D eigenvalue weighted by Crippen LogP contribution is -3.00. The van der Waals surface area contributed by atoms with Gasteiger partial charge in [-0.2, -0.15) is 0 Å². The zero-order valence-electron chi connectivity index (χ0n) is 77.1. The topological polar surface area (TPSA) is 179 Å². The zero-order valence-corrected chi connectivity index (χ0v) is 83.9. The van der Waals surface area contributed by atoms with E-state index in [1.807, 2.05) is 28.2 Å². The quantitative estimate of drug-likeness (QED) is 0.0224. The summed E-state index contributed by atoms with van der Waals surface area (Å²) >= 11 is 16.8. The van der Waals surface area contributed by atoms with Crippen LogP contribution in [0.5, 0.6) is 0 Å². The van der Waals surface area contributed by atoms with Crippen molar-refractivity contribution in [3.8, 4) is 0 Å². The zero-order chi connectivity index (χ0) is 87.4. The number of benzene rings is 3. The van der Waals surface area contributed by atoms with Crippen molar-refractivity contribution < 1.29 is 140 Å². The van der Waals surface area contributed by atoms with Gasteiger partial charge >= 0.3 is 0 Å². The van der Waals surface area contributed by atoms with Crippen molar-refractivity contribution in [2.45, 2.75) is 173 Å². The van der Waals surface area contributed by atoms with Gasteiger partial charge in [-0.15, -0.1) is 34.8 Å². The average molecular weight is 1880 g/mol. The summed E-state index contributed by atoms with van der Waals surface area (Å²) < 4.78 is 5.25. The number of nitrogens with one attached hydrogen (secondary N) is 3. The number of ketones is 5. The lowest BCUT2D eigenvalue weighted by molar-refractivity contribution is -0.904. The SMILES string of the molecule is C=CC(=O)CCCCN(C)C.C=CC(=O)CCCC[N+](C)(C)Cc1ccc(CCl)cc1.C=CC(=O)CCCC[N+](C)(C)Cc1ccc(C[N+](C)(C)CCCNC(=O)CCCl)cc1.C=CC(=O)CCCC[N+](C)(C)Cc1ccc(C[N+](C)(C)CCCNC(=O)CC[N+](C)(C)CCCNC(=O)C=C)cc1.CN(C)CCCCC(=O)CCCl.[Cl-].[Cl-].[Cl-].[Cl-].[Cl-].[Cl-]. The number of halogens is 9. The highest BCUT2D eigenvalue weighted by molar-refractivity contribution is 6.19. The maximum Gasteiger partial charge on any atom is 0.243 e. The minimum absolute atomic E-state index is 0. The summed E-state index contributed by atoms with van der Waals surface area (Å²) in [5, 5.41) is 8.80. The number of carbonyl (C=O) groups excluding carboxylic acids is 8. The van der Waals surface area contributed by atoms with Crippen LogP contribution in [0.15, 0.2) is 136 Å². The Kier molecular flexibility index (Phi) is 83.5. The molecule has 121 heavy (non-hydrogen) atoms. The Morgan fingerprint density at radius 3 is 0.810 bits per heavy atom. The number of hydrogen-bond donors (Lipinski definition) is 3. The Morgan fingerprint density at radius 1 is 0.298 bits per heavy atom. The van der Waals surface area contributed by atoms with Gasteiger partial charge in [0.25, 0.3) is 0 Å². The molecule has 0 atom stereocenters. The summed E-state index contributed by atoms with van der Waals surface area (Å²) in [4.78, 5) is 95.0. The molecule has 3 N–H and O–H groups in total. The second-order valence-electron chi connectivity index (χ2n) is 35.0. The molecule has 0 aliphatic rings. The molecular formula is C93H160Cl9N11O8. The molecular weight excluding hydrogens is 1720 g/mol. The van der Waals surface area contributed by atoms with E-state index >= 15 is 0 Å². The summed E-state index contributed by atoms with van der Waals surface area (Å²) in [6.07, 6.45) is 24.3. The Morgan fingerprint density at radius 2 is 0.545 bits per heavy atom.